The minimum absolute atomic E-state index is 0.327. The van der Waals surface area contributed by atoms with Crippen molar-refractivity contribution in [3.8, 4) is 5.75 Å². The van der Waals surface area contributed by atoms with E-state index in [0.29, 0.717) is 18.0 Å². The number of aryl methyl sites for hydroxylation is 1. The molecule has 2 aromatic carbocycles. The van der Waals surface area contributed by atoms with Crippen molar-refractivity contribution in [2.45, 2.75) is 19.8 Å². The molecule has 0 radical (unpaired) electrons. The van der Waals surface area contributed by atoms with Gasteiger partial charge in [-0.15, -0.1) is 0 Å². The first-order chi connectivity index (χ1) is 11.7. The number of hydrogen-bond donors (Lipinski definition) is 0. The summed E-state index contributed by atoms with van der Waals surface area (Å²) in [5, 5.41) is 0. The van der Waals surface area contributed by atoms with Crippen molar-refractivity contribution in [1.82, 2.24) is 0 Å². The number of carbonyl (C=O) groups is 1. The Morgan fingerprint density at radius 3 is 2.67 bits per heavy atom. The number of methoxy groups -OCH3 is 1. The van der Waals surface area contributed by atoms with Crippen LogP contribution in [0.4, 0.5) is 0 Å². The molecule has 1 aliphatic heterocycles. The normalized spacial score (nSPS) is 15.3. The number of benzene rings is 2. The second-order valence-electron chi connectivity index (χ2n) is 5.51. The van der Waals surface area contributed by atoms with Crippen molar-refractivity contribution in [3.63, 3.8) is 0 Å². The van der Waals surface area contributed by atoms with Gasteiger partial charge >= 0.3 is 5.97 Å². The van der Waals surface area contributed by atoms with Gasteiger partial charge in [-0.3, -0.25) is 0 Å². The molecule has 4 heteroatoms. The molecule has 4 nitrogen and oxygen atoms in total. The third-order valence-corrected chi connectivity index (χ3v) is 3.85. The molecule has 24 heavy (non-hydrogen) atoms. The number of nitrogens with zero attached hydrogens (tertiary/aromatic N) is 1. The van der Waals surface area contributed by atoms with Crippen molar-refractivity contribution >= 4 is 17.9 Å². The fourth-order valence-electron chi connectivity index (χ4n) is 2.62. The van der Waals surface area contributed by atoms with Crippen LogP contribution in [0.3, 0.4) is 0 Å². The van der Waals surface area contributed by atoms with E-state index in [1.165, 1.54) is 0 Å². The number of aliphatic imine (C=N–C) groups is 1. The molecule has 1 aliphatic rings. The predicted octanol–water partition coefficient (Wildman–Crippen LogP) is 3.80. The molecule has 0 bridgehead atoms. The third kappa shape index (κ3) is 3.54. The molecular weight excluding hydrogens is 302 g/mol. The highest BCUT2D eigenvalue weighted by Gasteiger charge is 2.23. The Morgan fingerprint density at radius 2 is 1.96 bits per heavy atom. The molecule has 0 N–H and O–H groups in total. The second kappa shape index (κ2) is 7.13. The smallest absolute Gasteiger partial charge is 0.363 e. The van der Waals surface area contributed by atoms with Crippen LogP contribution in [-0.4, -0.2) is 19.0 Å². The lowest BCUT2D eigenvalue weighted by atomic mass is 10.1. The van der Waals surface area contributed by atoms with Crippen LogP contribution < -0.4 is 4.74 Å². The quantitative estimate of drug-likeness (QED) is 0.622. The first-order valence-corrected chi connectivity index (χ1v) is 7.92. The van der Waals surface area contributed by atoms with E-state index in [9.17, 15) is 4.79 Å². The molecular formula is C20H19NO3. The van der Waals surface area contributed by atoms with Gasteiger partial charge in [0.05, 0.1) is 7.11 Å². The number of cyclic esters (lactones) is 1. The van der Waals surface area contributed by atoms with Gasteiger partial charge in [-0.25, -0.2) is 9.79 Å². The van der Waals surface area contributed by atoms with E-state index >= 15 is 0 Å². The maximum absolute atomic E-state index is 12.0. The van der Waals surface area contributed by atoms with E-state index in [0.717, 1.165) is 28.9 Å². The first-order valence-electron chi connectivity index (χ1n) is 7.92. The zero-order chi connectivity index (χ0) is 16.9. The molecule has 122 valence electrons. The molecule has 0 fully saturated rings. The summed E-state index contributed by atoms with van der Waals surface area (Å²) in [6.07, 6.45) is 3.11. The van der Waals surface area contributed by atoms with Gasteiger partial charge in [0, 0.05) is 6.42 Å². The Morgan fingerprint density at radius 1 is 1.17 bits per heavy atom. The van der Waals surface area contributed by atoms with Crippen molar-refractivity contribution in [3.05, 3.63) is 70.9 Å². The molecule has 0 saturated carbocycles. The Balaban J connectivity index is 1.83. The zero-order valence-electron chi connectivity index (χ0n) is 13.8. The SMILES string of the molecule is CCc1cc(/C=C2/N=C(Cc3ccccc3)OC2=O)ccc1OC. The Hall–Kier alpha value is -2.88. The van der Waals surface area contributed by atoms with Crippen molar-refractivity contribution < 1.29 is 14.3 Å². The van der Waals surface area contributed by atoms with E-state index in [1.807, 2.05) is 48.5 Å². The summed E-state index contributed by atoms with van der Waals surface area (Å²) in [4.78, 5) is 16.4. The number of hydrogen-bond acceptors (Lipinski definition) is 4. The lowest BCUT2D eigenvalue weighted by molar-refractivity contribution is -0.130. The molecule has 0 unspecified atom stereocenters. The van der Waals surface area contributed by atoms with Crippen LogP contribution in [0.15, 0.2) is 59.2 Å². The van der Waals surface area contributed by atoms with Crippen molar-refractivity contribution in [2.24, 2.45) is 4.99 Å². The van der Waals surface area contributed by atoms with Gasteiger partial charge in [-0.05, 0) is 41.3 Å². The van der Waals surface area contributed by atoms with Gasteiger partial charge in [0.25, 0.3) is 0 Å². The summed E-state index contributed by atoms with van der Waals surface area (Å²) in [6.45, 7) is 2.06. The fourth-order valence-corrected chi connectivity index (χ4v) is 2.62. The molecule has 0 aliphatic carbocycles. The zero-order valence-corrected chi connectivity index (χ0v) is 13.8. The van der Waals surface area contributed by atoms with Crippen LogP contribution in [0.2, 0.25) is 0 Å². The average molecular weight is 321 g/mol. The lowest BCUT2D eigenvalue weighted by Gasteiger charge is -2.07. The van der Waals surface area contributed by atoms with Crippen LogP contribution in [0.1, 0.15) is 23.6 Å². The molecule has 0 atom stereocenters. The van der Waals surface area contributed by atoms with Crippen LogP contribution >= 0.6 is 0 Å². The van der Waals surface area contributed by atoms with Gasteiger partial charge in [-0.2, -0.15) is 0 Å². The van der Waals surface area contributed by atoms with Crippen LogP contribution in [0.5, 0.6) is 5.75 Å². The Bertz CT molecular complexity index is 807. The number of carbonyl (C=O) groups excluding carboxylic acids is 1. The molecule has 3 rings (SSSR count). The fraction of sp³-hybridized carbons (Fsp3) is 0.200. The Labute approximate surface area is 141 Å². The van der Waals surface area contributed by atoms with Gasteiger partial charge < -0.3 is 9.47 Å². The topological polar surface area (TPSA) is 47.9 Å². The molecule has 0 amide bonds. The summed E-state index contributed by atoms with van der Waals surface area (Å²) < 4.78 is 10.6. The van der Waals surface area contributed by atoms with E-state index in [4.69, 9.17) is 9.47 Å². The average Bonchev–Trinajstić information content (AvgIpc) is 2.94. The molecule has 2 aromatic rings. The van der Waals surface area contributed by atoms with Crippen LogP contribution in [0.25, 0.3) is 6.08 Å². The molecule has 0 saturated heterocycles. The summed E-state index contributed by atoms with van der Waals surface area (Å²) in [6, 6.07) is 15.6. The van der Waals surface area contributed by atoms with Crippen LogP contribution in [0, 0.1) is 0 Å². The highest BCUT2D eigenvalue weighted by atomic mass is 16.6. The first kappa shape index (κ1) is 16.0. The number of rotatable bonds is 5. The van der Waals surface area contributed by atoms with Gasteiger partial charge in [0.15, 0.2) is 5.70 Å². The number of ether oxygens (including phenoxy) is 2. The summed E-state index contributed by atoms with van der Waals surface area (Å²) in [5.41, 5.74) is 3.38. The van der Waals surface area contributed by atoms with Gasteiger partial charge in [-0.1, -0.05) is 43.3 Å². The highest BCUT2D eigenvalue weighted by molar-refractivity contribution is 6.07. The maximum atomic E-state index is 12.0. The van der Waals surface area contributed by atoms with Gasteiger partial charge in [0.2, 0.25) is 5.90 Å². The monoisotopic (exact) mass is 321 g/mol. The molecule has 1 heterocycles. The van der Waals surface area contributed by atoms with E-state index < -0.39 is 5.97 Å². The summed E-state index contributed by atoms with van der Waals surface area (Å²) in [7, 11) is 1.65. The molecule has 0 aromatic heterocycles. The standard InChI is InChI=1S/C20H19NO3/c1-3-16-11-15(9-10-18(16)23-2)12-17-20(22)24-19(21-17)13-14-7-5-4-6-8-14/h4-12H,3,13H2,1-2H3/b17-12+. The third-order valence-electron chi connectivity index (χ3n) is 3.85. The minimum atomic E-state index is -0.408. The van der Waals surface area contributed by atoms with Crippen molar-refractivity contribution in [2.75, 3.05) is 7.11 Å². The van der Waals surface area contributed by atoms with E-state index in [1.54, 1.807) is 13.2 Å². The predicted molar refractivity (Wildman–Crippen MR) is 94.0 cm³/mol. The Kier molecular flexibility index (Phi) is 4.75. The maximum Gasteiger partial charge on any atom is 0.363 e. The summed E-state index contributed by atoms with van der Waals surface area (Å²) in [5.74, 6) is 0.874. The number of esters is 1. The molecule has 0 spiro atoms. The van der Waals surface area contributed by atoms with E-state index in [-0.39, 0.29) is 0 Å². The highest BCUT2D eigenvalue weighted by Crippen LogP contribution is 2.23. The largest absolute Gasteiger partial charge is 0.496 e. The van der Waals surface area contributed by atoms with Gasteiger partial charge in [0.1, 0.15) is 5.75 Å². The second-order valence-corrected chi connectivity index (χ2v) is 5.51. The van der Waals surface area contributed by atoms with E-state index in [2.05, 4.69) is 11.9 Å². The van der Waals surface area contributed by atoms with Crippen molar-refractivity contribution in [1.29, 1.82) is 0 Å². The lowest BCUT2D eigenvalue weighted by Crippen LogP contribution is -2.06. The summed E-state index contributed by atoms with van der Waals surface area (Å²) >= 11 is 0. The minimum Gasteiger partial charge on any atom is -0.496 e. The van der Waals surface area contributed by atoms with Crippen LogP contribution in [-0.2, 0) is 22.4 Å².